The highest BCUT2D eigenvalue weighted by molar-refractivity contribution is 5.97. The molecule has 0 atom stereocenters. The van der Waals surface area contributed by atoms with Gasteiger partial charge in [-0.3, -0.25) is 9.78 Å². The summed E-state index contributed by atoms with van der Waals surface area (Å²) in [7, 11) is 3.12. The number of nitrogens with zero attached hydrogens (tertiary/aromatic N) is 1. The lowest BCUT2D eigenvalue weighted by atomic mass is 10.1. The first kappa shape index (κ1) is 10.5. The van der Waals surface area contributed by atoms with Crippen molar-refractivity contribution in [1.82, 2.24) is 10.3 Å². The van der Waals surface area contributed by atoms with Gasteiger partial charge < -0.3 is 10.1 Å². The second kappa shape index (κ2) is 4.09. The van der Waals surface area contributed by atoms with E-state index in [1.165, 1.54) is 7.11 Å². The van der Waals surface area contributed by atoms with Crippen LogP contribution in [0, 0.1) is 13.8 Å². The van der Waals surface area contributed by atoms with Gasteiger partial charge in [0.1, 0.15) is 0 Å². The van der Waals surface area contributed by atoms with Gasteiger partial charge in [0.2, 0.25) is 0 Å². The van der Waals surface area contributed by atoms with Crippen molar-refractivity contribution >= 4 is 5.91 Å². The number of carbonyl (C=O) groups excluding carboxylic acids is 1. The van der Waals surface area contributed by atoms with E-state index in [1.807, 2.05) is 13.8 Å². The van der Waals surface area contributed by atoms with Crippen molar-refractivity contribution < 1.29 is 9.53 Å². The zero-order chi connectivity index (χ0) is 10.7. The van der Waals surface area contributed by atoms with Gasteiger partial charge in [-0.15, -0.1) is 0 Å². The van der Waals surface area contributed by atoms with E-state index in [2.05, 4.69) is 10.3 Å². The van der Waals surface area contributed by atoms with Crippen molar-refractivity contribution in [3.63, 3.8) is 0 Å². The summed E-state index contributed by atoms with van der Waals surface area (Å²) in [4.78, 5) is 15.7. The maximum absolute atomic E-state index is 11.5. The topological polar surface area (TPSA) is 51.2 Å². The van der Waals surface area contributed by atoms with E-state index in [0.717, 1.165) is 11.4 Å². The largest absolute Gasteiger partial charge is 0.494 e. The molecule has 0 aliphatic rings. The number of ether oxygens (including phenoxy) is 1. The van der Waals surface area contributed by atoms with E-state index < -0.39 is 0 Å². The van der Waals surface area contributed by atoms with Crippen molar-refractivity contribution in [3.05, 3.63) is 23.0 Å². The van der Waals surface area contributed by atoms with Crippen LogP contribution in [-0.2, 0) is 0 Å². The normalized spacial score (nSPS) is 9.71. The summed E-state index contributed by atoms with van der Waals surface area (Å²) >= 11 is 0. The number of methoxy groups -OCH3 is 1. The number of hydrogen-bond acceptors (Lipinski definition) is 3. The van der Waals surface area contributed by atoms with Gasteiger partial charge in [-0.25, -0.2) is 0 Å². The molecule has 1 aromatic rings. The van der Waals surface area contributed by atoms with Crippen LogP contribution in [0.1, 0.15) is 21.7 Å². The zero-order valence-electron chi connectivity index (χ0n) is 8.84. The number of pyridine rings is 1. The molecule has 0 saturated heterocycles. The number of nitrogens with one attached hydrogen (secondary N) is 1. The number of aryl methyl sites for hydroxylation is 2. The van der Waals surface area contributed by atoms with Gasteiger partial charge in [0, 0.05) is 12.7 Å². The SMILES string of the molecule is CNC(=O)c1cc(C)nc(C)c1OC. The molecular formula is C10H14N2O2. The van der Waals surface area contributed by atoms with E-state index >= 15 is 0 Å². The molecule has 4 nitrogen and oxygen atoms in total. The minimum absolute atomic E-state index is 0.157. The summed E-state index contributed by atoms with van der Waals surface area (Å²) in [6.45, 7) is 3.66. The molecule has 76 valence electrons. The maximum Gasteiger partial charge on any atom is 0.254 e. The van der Waals surface area contributed by atoms with Crippen molar-refractivity contribution in [2.24, 2.45) is 0 Å². The molecule has 4 heteroatoms. The van der Waals surface area contributed by atoms with Gasteiger partial charge in [-0.05, 0) is 19.9 Å². The molecular weight excluding hydrogens is 180 g/mol. The fraction of sp³-hybridized carbons (Fsp3) is 0.400. The molecule has 1 rings (SSSR count). The van der Waals surface area contributed by atoms with Crippen LogP contribution in [0.3, 0.4) is 0 Å². The van der Waals surface area contributed by atoms with Crippen molar-refractivity contribution in [2.45, 2.75) is 13.8 Å². The van der Waals surface area contributed by atoms with Crippen LogP contribution in [-0.4, -0.2) is 25.0 Å². The molecule has 1 amide bonds. The Kier molecular flexibility index (Phi) is 3.06. The van der Waals surface area contributed by atoms with Gasteiger partial charge >= 0.3 is 0 Å². The lowest BCUT2D eigenvalue weighted by Gasteiger charge is -2.10. The summed E-state index contributed by atoms with van der Waals surface area (Å²) in [5, 5.41) is 2.56. The maximum atomic E-state index is 11.5. The molecule has 0 bridgehead atoms. The minimum atomic E-state index is -0.157. The van der Waals surface area contributed by atoms with Crippen LogP contribution < -0.4 is 10.1 Å². The second-order valence-corrected chi connectivity index (χ2v) is 3.01. The Labute approximate surface area is 83.3 Å². The molecule has 0 saturated carbocycles. The summed E-state index contributed by atoms with van der Waals surface area (Å²) in [5.74, 6) is 0.380. The molecule has 0 aliphatic carbocycles. The average molecular weight is 194 g/mol. The summed E-state index contributed by atoms with van der Waals surface area (Å²) < 4.78 is 5.13. The monoisotopic (exact) mass is 194 g/mol. The predicted molar refractivity (Wildman–Crippen MR) is 53.7 cm³/mol. The predicted octanol–water partition coefficient (Wildman–Crippen LogP) is 1.07. The zero-order valence-corrected chi connectivity index (χ0v) is 8.84. The van der Waals surface area contributed by atoms with Crippen molar-refractivity contribution in [2.75, 3.05) is 14.2 Å². The molecule has 0 spiro atoms. The second-order valence-electron chi connectivity index (χ2n) is 3.01. The molecule has 0 unspecified atom stereocenters. The number of aromatic nitrogens is 1. The lowest BCUT2D eigenvalue weighted by molar-refractivity contribution is 0.0959. The third kappa shape index (κ3) is 1.84. The van der Waals surface area contributed by atoms with Crippen LogP contribution in [0.4, 0.5) is 0 Å². The van der Waals surface area contributed by atoms with Gasteiger partial charge in [0.15, 0.2) is 5.75 Å². The highest BCUT2D eigenvalue weighted by Gasteiger charge is 2.14. The fourth-order valence-electron chi connectivity index (χ4n) is 1.38. The Balaban J connectivity index is 3.32. The molecule has 0 aromatic carbocycles. The smallest absolute Gasteiger partial charge is 0.254 e. The van der Waals surface area contributed by atoms with Gasteiger partial charge in [0.05, 0.1) is 18.4 Å². The van der Waals surface area contributed by atoms with Crippen LogP contribution in [0.2, 0.25) is 0 Å². The van der Waals surface area contributed by atoms with E-state index in [-0.39, 0.29) is 5.91 Å². The number of hydrogen-bond donors (Lipinski definition) is 1. The van der Waals surface area contributed by atoms with Crippen LogP contribution in [0.5, 0.6) is 5.75 Å². The Morgan fingerprint density at radius 3 is 2.64 bits per heavy atom. The van der Waals surface area contributed by atoms with Gasteiger partial charge in [-0.2, -0.15) is 0 Å². The molecule has 1 N–H and O–H groups in total. The summed E-state index contributed by atoms with van der Waals surface area (Å²) in [5.41, 5.74) is 2.06. The minimum Gasteiger partial charge on any atom is -0.494 e. The van der Waals surface area contributed by atoms with Gasteiger partial charge in [0.25, 0.3) is 5.91 Å². The number of carbonyl (C=O) groups is 1. The van der Waals surface area contributed by atoms with Crippen LogP contribution in [0.15, 0.2) is 6.07 Å². The highest BCUT2D eigenvalue weighted by Crippen LogP contribution is 2.22. The molecule has 1 aromatic heterocycles. The molecule has 14 heavy (non-hydrogen) atoms. The number of amides is 1. The molecule has 1 heterocycles. The first-order valence-electron chi connectivity index (χ1n) is 4.34. The van der Waals surface area contributed by atoms with Crippen molar-refractivity contribution in [1.29, 1.82) is 0 Å². The van der Waals surface area contributed by atoms with E-state index in [4.69, 9.17) is 4.74 Å². The standard InChI is InChI=1S/C10H14N2O2/c1-6-5-8(10(13)11-3)9(14-4)7(2)12-6/h5H,1-4H3,(H,11,13). The Morgan fingerprint density at radius 2 is 2.14 bits per heavy atom. The van der Waals surface area contributed by atoms with Crippen molar-refractivity contribution in [3.8, 4) is 5.75 Å². The first-order valence-corrected chi connectivity index (χ1v) is 4.34. The molecule has 0 fully saturated rings. The first-order chi connectivity index (χ1) is 6.60. The lowest BCUT2D eigenvalue weighted by Crippen LogP contribution is -2.19. The van der Waals surface area contributed by atoms with E-state index in [9.17, 15) is 4.79 Å². The Bertz CT molecular complexity index is 361. The Morgan fingerprint density at radius 1 is 1.50 bits per heavy atom. The third-order valence-electron chi connectivity index (χ3n) is 1.95. The van der Waals surface area contributed by atoms with Crippen LogP contribution >= 0.6 is 0 Å². The Hall–Kier alpha value is -1.58. The van der Waals surface area contributed by atoms with E-state index in [1.54, 1.807) is 13.1 Å². The fourth-order valence-corrected chi connectivity index (χ4v) is 1.38. The molecule has 0 radical (unpaired) electrons. The highest BCUT2D eigenvalue weighted by atomic mass is 16.5. The number of rotatable bonds is 2. The average Bonchev–Trinajstić information content (AvgIpc) is 2.15. The third-order valence-corrected chi connectivity index (χ3v) is 1.95. The summed E-state index contributed by atoms with van der Waals surface area (Å²) in [6, 6.07) is 1.71. The quantitative estimate of drug-likeness (QED) is 0.766. The van der Waals surface area contributed by atoms with Crippen LogP contribution in [0.25, 0.3) is 0 Å². The van der Waals surface area contributed by atoms with Gasteiger partial charge in [-0.1, -0.05) is 0 Å². The van der Waals surface area contributed by atoms with E-state index in [0.29, 0.717) is 11.3 Å². The summed E-state index contributed by atoms with van der Waals surface area (Å²) in [6.07, 6.45) is 0. The molecule has 0 aliphatic heterocycles.